The van der Waals surface area contributed by atoms with Crippen LogP contribution >= 0.6 is 0 Å². The van der Waals surface area contributed by atoms with Crippen molar-refractivity contribution >= 4 is 16.8 Å². The molecule has 3 aromatic rings. The SMILES string of the molecule is CC(=O)n1c(-c2ccccc2)cc2c(C)cccc21. The number of aromatic nitrogens is 1. The first kappa shape index (κ1) is 11.7. The molecule has 1 heterocycles. The van der Waals surface area contributed by atoms with Gasteiger partial charge in [0.1, 0.15) is 0 Å². The minimum absolute atomic E-state index is 0.0412. The zero-order valence-electron chi connectivity index (χ0n) is 11.1. The second-order valence-electron chi connectivity index (χ2n) is 4.76. The van der Waals surface area contributed by atoms with Crippen LogP contribution in [0, 0.1) is 6.92 Å². The van der Waals surface area contributed by atoms with Gasteiger partial charge >= 0.3 is 0 Å². The zero-order chi connectivity index (χ0) is 13.4. The number of hydrogen-bond donors (Lipinski definition) is 0. The van der Waals surface area contributed by atoms with Gasteiger partial charge in [-0.2, -0.15) is 0 Å². The molecule has 0 bridgehead atoms. The number of carbonyl (C=O) groups is 1. The highest BCUT2D eigenvalue weighted by Crippen LogP contribution is 2.29. The van der Waals surface area contributed by atoms with Crippen molar-refractivity contribution in [3.8, 4) is 11.3 Å². The molecule has 0 radical (unpaired) electrons. The molecule has 1 aromatic heterocycles. The van der Waals surface area contributed by atoms with Gasteiger partial charge in [0.05, 0.1) is 11.2 Å². The van der Waals surface area contributed by atoms with Crippen LogP contribution in [0.5, 0.6) is 0 Å². The average molecular weight is 249 g/mol. The second-order valence-corrected chi connectivity index (χ2v) is 4.76. The zero-order valence-corrected chi connectivity index (χ0v) is 11.1. The monoisotopic (exact) mass is 249 g/mol. The van der Waals surface area contributed by atoms with E-state index < -0.39 is 0 Å². The van der Waals surface area contributed by atoms with E-state index in [-0.39, 0.29) is 5.91 Å². The van der Waals surface area contributed by atoms with E-state index in [2.05, 4.69) is 19.1 Å². The predicted octanol–water partition coefficient (Wildman–Crippen LogP) is 4.28. The van der Waals surface area contributed by atoms with Crippen LogP contribution in [-0.4, -0.2) is 10.5 Å². The Balaban J connectivity index is 2.39. The van der Waals surface area contributed by atoms with Gasteiger partial charge in [0, 0.05) is 12.3 Å². The highest BCUT2D eigenvalue weighted by Gasteiger charge is 2.14. The van der Waals surface area contributed by atoms with Crippen molar-refractivity contribution in [2.24, 2.45) is 0 Å². The molecule has 0 saturated carbocycles. The highest BCUT2D eigenvalue weighted by molar-refractivity contribution is 5.98. The molecule has 19 heavy (non-hydrogen) atoms. The molecule has 94 valence electrons. The van der Waals surface area contributed by atoms with Gasteiger partial charge in [-0.3, -0.25) is 9.36 Å². The van der Waals surface area contributed by atoms with Gasteiger partial charge < -0.3 is 0 Å². The Kier molecular flexibility index (Phi) is 2.71. The van der Waals surface area contributed by atoms with Gasteiger partial charge in [0.15, 0.2) is 0 Å². The summed E-state index contributed by atoms with van der Waals surface area (Å²) in [5, 5.41) is 1.14. The molecule has 2 heteroatoms. The van der Waals surface area contributed by atoms with E-state index in [0.29, 0.717) is 0 Å². The number of benzene rings is 2. The minimum atomic E-state index is 0.0412. The summed E-state index contributed by atoms with van der Waals surface area (Å²) < 4.78 is 1.79. The summed E-state index contributed by atoms with van der Waals surface area (Å²) in [5.74, 6) is 0.0412. The van der Waals surface area contributed by atoms with Crippen LogP contribution in [0.4, 0.5) is 0 Å². The number of rotatable bonds is 1. The fraction of sp³-hybridized carbons (Fsp3) is 0.118. The lowest BCUT2D eigenvalue weighted by atomic mass is 10.1. The number of nitrogens with zero attached hydrogens (tertiary/aromatic N) is 1. The van der Waals surface area contributed by atoms with Crippen molar-refractivity contribution < 1.29 is 4.79 Å². The molecule has 0 aliphatic heterocycles. The molecule has 0 saturated heterocycles. The quantitative estimate of drug-likeness (QED) is 0.631. The van der Waals surface area contributed by atoms with Crippen LogP contribution in [0.2, 0.25) is 0 Å². The second kappa shape index (κ2) is 4.39. The van der Waals surface area contributed by atoms with Crippen LogP contribution in [0.15, 0.2) is 54.6 Å². The summed E-state index contributed by atoms with van der Waals surface area (Å²) in [5.41, 5.74) is 4.19. The van der Waals surface area contributed by atoms with E-state index in [4.69, 9.17) is 0 Å². The first-order valence-electron chi connectivity index (χ1n) is 6.36. The van der Waals surface area contributed by atoms with Crippen molar-refractivity contribution in [2.75, 3.05) is 0 Å². The van der Waals surface area contributed by atoms with Crippen molar-refractivity contribution in [2.45, 2.75) is 13.8 Å². The Bertz CT molecular complexity index is 754. The molecule has 2 aromatic carbocycles. The Labute approximate surface area is 112 Å². The standard InChI is InChI=1S/C17H15NO/c1-12-7-6-10-16-15(12)11-17(18(16)13(2)19)14-8-4-3-5-9-14/h3-11H,1-2H3. The molecule has 0 fully saturated rings. The van der Waals surface area contributed by atoms with E-state index >= 15 is 0 Å². The van der Waals surface area contributed by atoms with E-state index in [1.54, 1.807) is 11.5 Å². The average Bonchev–Trinajstić information content (AvgIpc) is 2.81. The van der Waals surface area contributed by atoms with E-state index in [0.717, 1.165) is 22.2 Å². The number of hydrogen-bond acceptors (Lipinski definition) is 1. The molecule has 3 rings (SSSR count). The highest BCUT2D eigenvalue weighted by atomic mass is 16.1. The third-order valence-electron chi connectivity index (χ3n) is 3.45. The van der Waals surface area contributed by atoms with E-state index in [1.165, 1.54) is 5.56 Å². The van der Waals surface area contributed by atoms with E-state index in [1.807, 2.05) is 42.5 Å². The molecular formula is C17H15NO. The van der Waals surface area contributed by atoms with Crippen LogP contribution in [0.1, 0.15) is 17.3 Å². The van der Waals surface area contributed by atoms with Gasteiger partial charge in [-0.15, -0.1) is 0 Å². The van der Waals surface area contributed by atoms with E-state index in [9.17, 15) is 4.79 Å². The molecule has 2 nitrogen and oxygen atoms in total. The summed E-state index contributed by atoms with van der Waals surface area (Å²) >= 11 is 0. The van der Waals surface area contributed by atoms with Gasteiger partial charge in [-0.25, -0.2) is 0 Å². The maximum atomic E-state index is 12.0. The summed E-state index contributed by atoms with van der Waals surface area (Å²) in [6.07, 6.45) is 0. The Hall–Kier alpha value is -2.35. The lowest BCUT2D eigenvalue weighted by Crippen LogP contribution is -2.06. The van der Waals surface area contributed by atoms with Crippen LogP contribution in [0.25, 0.3) is 22.2 Å². The minimum Gasteiger partial charge on any atom is -0.280 e. The molecule has 0 spiro atoms. The van der Waals surface area contributed by atoms with Gasteiger partial charge in [0.25, 0.3) is 0 Å². The molecule has 0 amide bonds. The maximum absolute atomic E-state index is 12.0. The van der Waals surface area contributed by atoms with Gasteiger partial charge in [0.2, 0.25) is 5.91 Å². The molecule has 0 unspecified atom stereocenters. The summed E-state index contributed by atoms with van der Waals surface area (Å²) in [6.45, 7) is 3.68. The topological polar surface area (TPSA) is 22.0 Å². The maximum Gasteiger partial charge on any atom is 0.228 e. The van der Waals surface area contributed by atoms with Crippen LogP contribution in [-0.2, 0) is 0 Å². The fourth-order valence-corrected chi connectivity index (χ4v) is 2.54. The lowest BCUT2D eigenvalue weighted by molar-refractivity contribution is 0.0943. The third kappa shape index (κ3) is 1.85. The van der Waals surface area contributed by atoms with Crippen molar-refractivity contribution in [3.05, 3.63) is 60.2 Å². The molecule has 0 atom stereocenters. The summed E-state index contributed by atoms with van der Waals surface area (Å²) in [7, 11) is 0. The molecule has 0 N–H and O–H groups in total. The smallest absolute Gasteiger partial charge is 0.228 e. The van der Waals surface area contributed by atoms with Crippen molar-refractivity contribution in [1.82, 2.24) is 4.57 Å². The predicted molar refractivity (Wildman–Crippen MR) is 78.4 cm³/mol. The summed E-state index contributed by atoms with van der Waals surface area (Å²) in [4.78, 5) is 12.0. The summed E-state index contributed by atoms with van der Waals surface area (Å²) in [6, 6.07) is 18.2. The largest absolute Gasteiger partial charge is 0.280 e. The number of aryl methyl sites for hydroxylation is 1. The van der Waals surface area contributed by atoms with Gasteiger partial charge in [-0.05, 0) is 30.2 Å². The van der Waals surface area contributed by atoms with Gasteiger partial charge in [-0.1, -0.05) is 42.5 Å². The lowest BCUT2D eigenvalue weighted by Gasteiger charge is -2.06. The normalized spacial score (nSPS) is 10.8. The Morgan fingerprint density at radius 3 is 2.42 bits per heavy atom. The first-order valence-corrected chi connectivity index (χ1v) is 6.36. The molecule has 0 aliphatic rings. The first-order chi connectivity index (χ1) is 9.18. The van der Waals surface area contributed by atoms with Crippen LogP contribution < -0.4 is 0 Å². The van der Waals surface area contributed by atoms with Crippen molar-refractivity contribution in [1.29, 1.82) is 0 Å². The number of carbonyl (C=O) groups excluding carboxylic acids is 1. The van der Waals surface area contributed by atoms with Crippen LogP contribution in [0.3, 0.4) is 0 Å². The molecular weight excluding hydrogens is 234 g/mol. The Morgan fingerprint density at radius 1 is 1.00 bits per heavy atom. The third-order valence-corrected chi connectivity index (χ3v) is 3.45. The Morgan fingerprint density at radius 2 is 1.74 bits per heavy atom. The fourth-order valence-electron chi connectivity index (χ4n) is 2.54. The number of fused-ring (bicyclic) bond motifs is 1. The molecule has 0 aliphatic carbocycles. The van der Waals surface area contributed by atoms with Crippen molar-refractivity contribution in [3.63, 3.8) is 0 Å².